The Kier molecular flexibility index (Phi) is 5.06. The topological polar surface area (TPSA) is 44.8 Å². The van der Waals surface area contributed by atoms with Gasteiger partial charge < -0.3 is 14.2 Å². The van der Waals surface area contributed by atoms with Gasteiger partial charge in [-0.3, -0.25) is 0 Å². The summed E-state index contributed by atoms with van der Waals surface area (Å²) < 4.78 is 69.3. The van der Waals surface area contributed by atoms with Gasteiger partial charge in [-0.1, -0.05) is 19.4 Å². The van der Waals surface area contributed by atoms with Crippen molar-refractivity contribution in [1.82, 2.24) is 0 Å². The highest BCUT2D eigenvalue weighted by molar-refractivity contribution is 5.86. The van der Waals surface area contributed by atoms with Crippen molar-refractivity contribution in [2.45, 2.75) is 50.2 Å². The maximum absolute atomic E-state index is 13.5. The molecule has 0 aromatic heterocycles. The fourth-order valence-electron chi connectivity index (χ4n) is 2.77. The number of halogens is 4. The Hall–Kier alpha value is -1.15. The van der Waals surface area contributed by atoms with Gasteiger partial charge in [0.1, 0.15) is 19.8 Å². The van der Waals surface area contributed by atoms with Gasteiger partial charge in [-0.25, -0.2) is 4.79 Å². The lowest BCUT2D eigenvalue weighted by atomic mass is 9.97. The zero-order chi connectivity index (χ0) is 17.3. The molecule has 1 aliphatic heterocycles. The van der Waals surface area contributed by atoms with Crippen molar-refractivity contribution >= 4 is 5.97 Å². The van der Waals surface area contributed by atoms with Gasteiger partial charge in [-0.2, -0.15) is 17.6 Å². The Balaban J connectivity index is 2.20. The Morgan fingerprint density at radius 1 is 1.13 bits per heavy atom. The highest BCUT2D eigenvalue weighted by Gasteiger charge is 2.62. The largest absolute Gasteiger partial charge is 0.457 e. The molecule has 0 aromatic rings. The number of carbonyl (C=O) groups is 1. The maximum atomic E-state index is 13.5. The second-order valence-corrected chi connectivity index (χ2v) is 6.14. The molecular formula is C15H20F4O4. The van der Waals surface area contributed by atoms with Gasteiger partial charge >= 0.3 is 17.8 Å². The molecule has 0 amide bonds. The number of carbonyl (C=O) groups excluding carboxylic acids is 1. The Morgan fingerprint density at radius 3 is 2.04 bits per heavy atom. The first-order valence-electron chi connectivity index (χ1n) is 7.46. The van der Waals surface area contributed by atoms with E-state index in [4.69, 9.17) is 14.2 Å². The number of hydrogen-bond acceptors (Lipinski definition) is 4. The highest BCUT2D eigenvalue weighted by Crippen LogP contribution is 2.45. The molecule has 2 rings (SSSR count). The lowest BCUT2D eigenvalue weighted by Crippen LogP contribution is -2.47. The van der Waals surface area contributed by atoms with E-state index < -0.39 is 43.4 Å². The average molecular weight is 340 g/mol. The van der Waals surface area contributed by atoms with E-state index >= 15 is 0 Å². The van der Waals surface area contributed by atoms with Crippen molar-refractivity contribution < 1.29 is 36.6 Å². The number of esters is 1. The molecule has 23 heavy (non-hydrogen) atoms. The average Bonchev–Trinajstić information content (AvgIpc) is 2.98. The van der Waals surface area contributed by atoms with Gasteiger partial charge in [0.2, 0.25) is 5.79 Å². The zero-order valence-electron chi connectivity index (χ0n) is 12.9. The molecule has 0 atom stereocenters. The van der Waals surface area contributed by atoms with Crippen molar-refractivity contribution in [3.05, 3.63) is 12.2 Å². The number of rotatable bonds is 4. The molecule has 4 nitrogen and oxygen atoms in total. The van der Waals surface area contributed by atoms with Crippen LogP contribution in [-0.4, -0.2) is 43.4 Å². The molecule has 8 heteroatoms. The van der Waals surface area contributed by atoms with Crippen molar-refractivity contribution in [2.24, 2.45) is 5.92 Å². The molecule has 0 radical (unpaired) electrons. The minimum absolute atomic E-state index is 0.107. The lowest BCUT2D eigenvalue weighted by Gasteiger charge is -2.36. The van der Waals surface area contributed by atoms with Gasteiger partial charge in [0.25, 0.3) is 0 Å². The summed E-state index contributed by atoms with van der Waals surface area (Å²) in [6.07, 6.45) is 2.75. The molecule has 0 spiro atoms. The molecule has 2 fully saturated rings. The second-order valence-electron chi connectivity index (χ2n) is 6.14. The van der Waals surface area contributed by atoms with Crippen LogP contribution in [0.25, 0.3) is 0 Å². The normalized spacial score (nSPS) is 26.5. The maximum Gasteiger partial charge on any atom is 0.335 e. The number of ether oxygens (including phenoxy) is 3. The third-order valence-electron chi connectivity index (χ3n) is 4.26. The van der Waals surface area contributed by atoms with Crippen LogP contribution in [0.2, 0.25) is 0 Å². The van der Waals surface area contributed by atoms with Gasteiger partial charge in [-0.05, 0) is 19.8 Å². The molecular weight excluding hydrogens is 320 g/mol. The first-order valence-corrected chi connectivity index (χ1v) is 7.46. The molecule has 0 aromatic carbocycles. The fraction of sp³-hybridized carbons (Fsp3) is 0.800. The Labute approximate surface area is 131 Å². The van der Waals surface area contributed by atoms with Crippen LogP contribution in [0.15, 0.2) is 12.2 Å². The van der Waals surface area contributed by atoms with Crippen LogP contribution in [0, 0.1) is 5.92 Å². The molecule has 0 bridgehead atoms. The summed E-state index contributed by atoms with van der Waals surface area (Å²) in [5.41, 5.74) is 0.107. The lowest BCUT2D eigenvalue weighted by molar-refractivity contribution is -0.283. The summed E-state index contributed by atoms with van der Waals surface area (Å²) in [5, 5.41) is 0. The highest BCUT2D eigenvalue weighted by atomic mass is 19.3. The first-order chi connectivity index (χ1) is 10.6. The van der Waals surface area contributed by atoms with E-state index in [1.165, 1.54) is 6.92 Å². The molecule has 2 aliphatic rings. The third-order valence-corrected chi connectivity index (χ3v) is 4.26. The summed E-state index contributed by atoms with van der Waals surface area (Å²) in [7, 11) is 0. The second kappa shape index (κ2) is 6.39. The van der Waals surface area contributed by atoms with E-state index in [9.17, 15) is 22.4 Å². The van der Waals surface area contributed by atoms with Crippen LogP contribution in [0.1, 0.15) is 32.6 Å². The van der Waals surface area contributed by atoms with Gasteiger partial charge in [0.05, 0.1) is 0 Å². The minimum Gasteiger partial charge on any atom is -0.457 e. The monoisotopic (exact) mass is 340 g/mol. The quantitative estimate of drug-likeness (QED) is 0.447. The standard InChI is InChI=1S/C15H20F4O4/c1-10(2)12(20)21-7-13(11-5-3-4-6-11)22-8-14(16,17)15(18,19)9-23-13/h11H,1,3-9H2,2H3. The van der Waals surface area contributed by atoms with Gasteiger partial charge in [0.15, 0.2) is 0 Å². The van der Waals surface area contributed by atoms with Crippen molar-refractivity contribution in [3.63, 3.8) is 0 Å². The van der Waals surface area contributed by atoms with E-state index in [0.717, 1.165) is 12.8 Å². The summed E-state index contributed by atoms with van der Waals surface area (Å²) in [4.78, 5) is 11.6. The predicted octanol–water partition coefficient (Wildman–Crippen LogP) is 3.31. The van der Waals surface area contributed by atoms with Crippen molar-refractivity contribution in [2.75, 3.05) is 19.8 Å². The van der Waals surface area contributed by atoms with E-state index in [2.05, 4.69) is 6.58 Å². The molecule has 132 valence electrons. The van der Waals surface area contributed by atoms with Crippen LogP contribution in [0.5, 0.6) is 0 Å². The molecule has 1 saturated heterocycles. The molecule has 1 aliphatic carbocycles. The zero-order valence-corrected chi connectivity index (χ0v) is 12.9. The predicted molar refractivity (Wildman–Crippen MR) is 72.3 cm³/mol. The van der Waals surface area contributed by atoms with Crippen molar-refractivity contribution in [1.29, 1.82) is 0 Å². The van der Waals surface area contributed by atoms with E-state index in [1.54, 1.807) is 0 Å². The molecule has 1 heterocycles. The van der Waals surface area contributed by atoms with Crippen molar-refractivity contribution in [3.8, 4) is 0 Å². The SMILES string of the molecule is C=C(C)C(=O)OCC1(C2CCCC2)OCC(F)(F)C(F)(F)CO1. The summed E-state index contributed by atoms with van der Waals surface area (Å²) >= 11 is 0. The summed E-state index contributed by atoms with van der Waals surface area (Å²) in [6, 6.07) is 0. The van der Waals surface area contributed by atoms with Gasteiger partial charge in [-0.15, -0.1) is 0 Å². The number of hydrogen-bond donors (Lipinski definition) is 0. The Morgan fingerprint density at radius 2 is 1.61 bits per heavy atom. The molecule has 1 saturated carbocycles. The van der Waals surface area contributed by atoms with Crippen LogP contribution in [0.3, 0.4) is 0 Å². The molecule has 0 unspecified atom stereocenters. The first kappa shape index (κ1) is 18.2. The van der Waals surface area contributed by atoms with Crippen LogP contribution in [0.4, 0.5) is 17.6 Å². The minimum atomic E-state index is -4.34. The third kappa shape index (κ3) is 3.68. The summed E-state index contributed by atoms with van der Waals surface area (Å²) in [6.45, 7) is 1.34. The molecule has 0 N–H and O–H groups in total. The van der Waals surface area contributed by atoms with E-state index in [-0.39, 0.29) is 11.5 Å². The smallest absolute Gasteiger partial charge is 0.335 e. The Bertz CT molecular complexity index is 454. The summed E-state index contributed by atoms with van der Waals surface area (Å²) in [5.74, 6) is -11.6. The van der Waals surface area contributed by atoms with Crippen LogP contribution in [-0.2, 0) is 19.0 Å². The van der Waals surface area contributed by atoms with E-state index in [1.807, 2.05) is 0 Å². The van der Waals surface area contributed by atoms with E-state index in [0.29, 0.717) is 12.8 Å². The number of alkyl halides is 4. The van der Waals surface area contributed by atoms with Gasteiger partial charge in [0, 0.05) is 11.5 Å². The van der Waals surface area contributed by atoms with Crippen LogP contribution >= 0.6 is 0 Å². The fourth-order valence-corrected chi connectivity index (χ4v) is 2.77. The van der Waals surface area contributed by atoms with Crippen LogP contribution < -0.4 is 0 Å².